The molecule has 4 N–H and O–H groups in total. The van der Waals surface area contributed by atoms with Crippen LogP contribution in [0.4, 0.5) is 0 Å². The zero-order valence-corrected chi connectivity index (χ0v) is 42.5. The molecule has 0 amide bonds. The number of nitrogens with zero attached hydrogens (tertiary/aromatic N) is 1. The number of carbonyl (C=O) groups excluding carboxylic acids is 3. The molecule has 2 fully saturated rings. The summed E-state index contributed by atoms with van der Waals surface area (Å²) in [5.74, 6) is 0.936. The molecule has 1 spiro atoms. The summed E-state index contributed by atoms with van der Waals surface area (Å²) in [6.45, 7) is 7.46. The normalized spacial score (nSPS) is 25.0. The van der Waals surface area contributed by atoms with E-state index in [-0.39, 0.29) is 30.9 Å². The number of hydrogen-bond donors (Lipinski definition) is 4. The van der Waals surface area contributed by atoms with Gasteiger partial charge in [-0.25, -0.2) is 4.79 Å². The number of piperazine rings is 1. The predicted molar refractivity (Wildman–Crippen MR) is 264 cm³/mol. The second-order valence-corrected chi connectivity index (χ2v) is 21.1. The molecule has 7 heterocycles. The van der Waals surface area contributed by atoms with Gasteiger partial charge in [0.2, 0.25) is 6.79 Å². The Morgan fingerprint density at radius 1 is 0.843 bits per heavy atom. The summed E-state index contributed by atoms with van der Waals surface area (Å²) in [7, 11) is 3.05. The number of ether oxygens (including phenoxy) is 7. The van der Waals surface area contributed by atoms with Crippen molar-refractivity contribution in [2.45, 2.75) is 172 Å². The van der Waals surface area contributed by atoms with Gasteiger partial charge in [0, 0.05) is 53.9 Å². The lowest BCUT2D eigenvalue weighted by atomic mass is 9.74. The van der Waals surface area contributed by atoms with Crippen LogP contribution in [0, 0.1) is 13.8 Å². The van der Waals surface area contributed by atoms with Crippen LogP contribution in [0.15, 0.2) is 18.2 Å². The molecule has 0 radical (unpaired) electrons. The molecular formula is C54H71N3O12S. The minimum atomic E-state index is -1.41. The number of rotatable bonds is 18. The first-order valence-corrected chi connectivity index (χ1v) is 26.7. The van der Waals surface area contributed by atoms with Gasteiger partial charge in [0.25, 0.3) is 0 Å². The number of benzene rings is 3. The molecule has 380 valence electrons. The Hall–Kier alpha value is -4.74. The Kier molecular flexibility index (Phi) is 15.5. The van der Waals surface area contributed by atoms with Gasteiger partial charge in [0.1, 0.15) is 18.6 Å². The van der Waals surface area contributed by atoms with Gasteiger partial charge in [-0.1, -0.05) is 90.0 Å². The zero-order chi connectivity index (χ0) is 49.3. The quantitative estimate of drug-likeness (QED) is 0.0539. The maximum Gasteiger partial charge on any atom is 0.331 e. The Bertz CT molecular complexity index is 2460. The Morgan fingerprint density at radius 3 is 2.23 bits per heavy atom. The fourth-order valence-corrected chi connectivity index (χ4v) is 13.8. The molecule has 0 aromatic heterocycles. The molecule has 0 saturated carbocycles. The number of methoxy groups -OCH3 is 2. The summed E-state index contributed by atoms with van der Waals surface area (Å²) < 4.78 is 42.6. The van der Waals surface area contributed by atoms with Crippen molar-refractivity contribution in [2.75, 3.05) is 39.9 Å². The number of unbranched alkanes of at least 4 members (excludes halogenated alkanes) is 12. The molecular weight excluding hydrogens is 915 g/mol. The van der Waals surface area contributed by atoms with E-state index in [2.05, 4.69) is 17.6 Å². The van der Waals surface area contributed by atoms with Gasteiger partial charge in [-0.3, -0.25) is 19.8 Å². The summed E-state index contributed by atoms with van der Waals surface area (Å²) in [6, 6.07) is 3.18. The van der Waals surface area contributed by atoms with Gasteiger partial charge in [-0.15, -0.1) is 11.8 Å². The zero-order valence-electron chi connectivity index (χ0n) is 41.7. The van der Waals surface area contributed by atoms with Crippen LogP contribution < -0.4 is 39.1 Å². The number of hydrogen-bond acceptors (Lipinski definition) is 16. The van der Waals surface area contributed by atoms with Crippen LogP contribution in [-0.2, 0) is 37.5 Å². The van der Waals surface area contributed by atoms with Crippen LogP contribution in [0.25, 0.3) is 0 Å². The highest BCUT2D eigenvalue weighted by atomic mass is 32.2. The van der Waals surface area contributed by atoms with E-state index in [1.165, 1.54) is 97.1 Å². The molecule has 3 aromatic rings. The SMILES string of the molecule is CCCCCCCCCCCCCCCC(=O)Oc1cc2c(cc1OC)[C@@]1(CS[C@@H]3c4c(OC(C)=O)c(C)c5c(c4[C@@H](COC1=O)N1C3[C@@H]3N[C@H](Cc4cc(C)c(OC)c(O)c43)[C@@H]1O)OCO5)NCC2. The Morgan fingerprint density at radius 2 is 1.54 bits per heavy atom. The second kappa shape index (κ2) is 21.5. The molecule has 16 heteroatoms. The van der Waals surface area contributed by atoms with E-state index in [0.29, 0.717) is 88.1 Å². The van der Waals surface area contributed by atoms with Gasteiger partial charge in [0.05, 0.1) is 37.6 Å². The Balaban J connectivity index is 1.01. The number of thioether (sulfide) groups is 1. The fourth-order valence-electron chi connectivity index (χ4n) is 12.1. The first-order chi connectivity index (χ1) is 33.9. The number of nitrogens with one attached hydrogen (secondary N) is 2. The number of aliphatic hydroxyl groups excluding tert-OH is 1. The number of aromatic hydroxyl groups is 1. The third-order valence-corrected chi connectivity index (χ3v) is 16.9. The molecule has 10 rings (SSSR count). The van der Waals surface area contributed by atoms with E-state index in [1.807, 2.05) is 30.9 Å². The smallest absolute Gasteiger partial charge is 0.331 e. The molecule has 1 unspecified atom stereocenters. The number of phenols is 1. The van der Waals surface area contributed by atoms with Crippen molar-refractivity contribution < 1.29 is 57.8 Å². The topological polar surface area (TPSA) is 184 Å². The van der Waals surface area contributed by atoms with Gasteiger partial charge in [0.15, 0.2) is 40.0 Å². The van der Waals surface area contributed by atoms with Crippen molar-refractivity contribution in [1.82, 2.24) is 15.5 Å². The maximum atomic E-state index is 15.1. The van der Waals surface area contributed by atoms with Crippen LogP contribution in [0.5, 0.6) is 40.2 Å². The molecule has 15 nitrogen and oxygen atoms in total. The molecule has 7 aliphatic heterocycles. The van der Waals surface area contributed by atoms with Crippen molar-refractivity contribution in [3.05, 3.63) is 62.7 Å². The summed E-state index contributed by atoms with van der Waals surface area (Å²) in [5, 5.41) is 31.2. The number of carbonyl (C=O) groups is 3. The monoisotopic (exact) mass is 985 g/mol. The van der Waals surface area contributed by atoms with Gasteiger partial charge >= 0.3 is 17.9 Å². The van der Waals surface area contributed by atoms with Crippen LogP contribution in [0.3, 0.4) is 0 Å². The number of aryl methyl sites for hydroxylation is 1. The summed E-state index contributed by atoms with van der Waals surface area (Å²) in [4.78, 5) is 43.4. The molecule has 0 aliphatic carbocycles. The highest BCUT2D eigenvalue weighted by Gasteiger charge is 2.60. The average molecular weight is 986 g/mol. The third-order valence-electron chi connectivity index (χ3n) is 15.5. The molecule has 3 aromatic carbocycles. The van der Waals surface area contributed by atoms with Crippen LogP contribution >= 0.6 is 11.8 Å². The standard InChI is InChI=1S/C54H71N3O12S/c1-7-8-9-10-11-12-13-14-15-16-17-18-19-20-40(59)69-39-25-33-21-22-55-54(35(33)26-38(39)63-5)28-70-51-43-42(50-49(66-29-67-50)31(3)48(43)68-32(4)58)37(27-65-53(54)62)57-45(51)44-41-34(24-36(56-44)52(57)61)23-30(2)47(64-6)46(41)60/h23,25-26,36-37,44-45,51-52,55-56,60-61H,7-22,24,27-29H2,1-6H3/t36-,37-,44-,45?,51-,52+,54-/m1/s1. The molecule has 7 atom stereocenters. The largest absolute Gasteiger partial charge is 0.504 e. The van der Waals surface area contributed by atoms with Crippen molar-refractivity contribution >= 4 is 29.7 Å². The van der Waals surface area contributed by atoms with Crippen LogP contribution in [0.1, 0.15) is 166 Å². The van der Waals surface area contributed by atoms with Crippen LogP contribution in [-0.4, -0.2) is 91.2 Å². The van der Waals surface area contributed by atoms with Crippen molar-refractivity contribution in [3.63, 3.8) is 0 Å². The maximum absolute atomic E-state index is 15.1. The van der Waals surface area contributed by atoms with Gasteiger partial charge in [-0.05, 0) is 67.5 Å². The Labute approximate surface area is 415 Å². The third kappa shape index (κ3) is 9.31. The summed E-state index contributed by atoms with van der Waals surface area (Å²) in [5.41, 5.74) is 4.23. The first-order valence-electron chi connectivity index (χ1n) is 25.6. The summed E-state index contributed by atoms with van der Waals surface area (Å²) in [6.07, 6.45) is 16.0. The van der Waals surface area contributed by atoms with Crippen molar-refractivity contribution in [1.29, 1.82) is 0 Å². The number of phenolic OH excluding ortho intramolecular Hbond substituents is 1. The minimum absolute atomic E-state index is 0.0174. The van der Waals surface area contributed by atoms with E-state index >= 15 is 4.79 Å². The molecule has 4 bridgehead atoms. The van der Waals surface area contributed by atoms with Gasteiger partial charge in [-0.2, -0.15) is 0 Å². The predicted octanol–water partition coefficient (Wildman–Crippen LogP) is 8.75. The van der Waals surface area contributed by atoms with E-state index in [1.54, 1.807) is 6.07 Å². The fraction of sp³-hybridized carbons (Fsp3) is 0.611. The van der Waals surface area contributed by atoms with Crippen molar-refractivity contribution in [2.24, 2.45) is 0 Å². The van der Waals surface area contributed by atoms with E-state index in [9.17, 15) is 19.8 Å². The highest BCUT2D eigenvalue weighted by Crippen LogP contribution is 2.63. The lowest BCUT2D eigenvalue weighted by Crippen LogP contribution is -2.69. The summed E-state index contributed by atoms with van der Waals surface area (Å²) >= 11 is 1.46. The second-order valence-electron chi connectivity index (χ2n) is 19.9. The van der Waals surface area contributed by atoms with Gasteiger partial charge < -0.3 is 48.7 Å². The number of aliphatic hydroxyl groups is 1. The van der Waals surface area contributed by atoms with E-state index in [0.717, 1.165) is 36.0 Å². The lowest BCUT2D eigenvalue weighted by molar-refractivity contribution is -0.164. The van der Waals surface area contributed by atoms with Crippen LogP contribution in [0.2, 0.25) is 0 Å². The highest BCUT2D eigenvalue weighted by molar-refractivity contribution is 7.99. The first kappa shape index (κ1) is 50.2. The van der Waals surface area contributed by atoms with E-state index in [4.69, 9.17) is 33.2 Å². The molecule has 70 heavy (non-hydrogen) atoms. The minimum Gasteiger partial charge on any atom is -0.504 e. The molecule has 7 aliphatic rings. The number of fused-ring (bicyclic) bond motifs is 9. The lowest BCUT2D eigenvalue weighted by Gasteiger charge is -2.59. The van der Waals surface area contributed by atoms with E-state index < -0.39 is 53.1 Å². The average Bonchev–Trinajstić information content (AvgIpc) is 3.84. The molecule has 2 saturated heterocycles. The van der Waals surface area contributed by atoms with Crippen molar-refractivity contribution in [3.8, 4) is 40.2 Å². The number of esters is 3.